The Labute approximate surface area is 157 Å². The van der Waals surface area contributed by atoms with Gasteiger partial charge in [-0.25, -0.2) is 9.89 Å². The molecule has 2 aliphatic heterocycles. The number of methoxy groups -OCH3 is 1. The lowest BCUT2D eigenvalue weighted by atomic mass is 10.1. The van der Waals surface area contributed by atoms with Gasteiger partial charge in [-0.05, 0) is 18.2 Å². The lowest BCUT2D eigenvalue weighted by Crippen LogP contribution is -2.26. The van der Waals surface area contributed by atoms with E-state index in [0.717, 1.165) is 0 Å². The summed E-state index contributed by atoms with van der Waals surface area (Å²) in [7, 11) is 1.22. The number of esters is 1. The van der Waals surface area contributed by atoms with Gasteiger partial charge >= 0.3 is 5.97 Å². The molecule has 3 N–H and O–H groups in total. The predicted octanol–water partition coefficient (Wildman–Crippen LogP) is 0.827. The van der Waals surface area contributed by atoms with Gasteiger partial charge in [-0.2, -0.15) is 5.10 Å². The van der Waals surface area contributed by atoms with E-state index in [-0.39, 0.29) is 40.6 Å². The van der Waals surface area contributed by atoms with Crippen molar-refractivity contribution in [1.29, 1.82) is 0 Å². The maximum atomic E-state index is 12.2. The zero-order valence-electron chi connectivity index (χ0n) is 14.2. The third kappa shape index (κ3) is 3.55. The number of H-pyrrole nitrogens is 1. The molecule has 3 rings (SSSR count). The Bertz CT molecular complexity index is 1040. The van der Waals surface area contributed by atoms with E-state index in [1.807, 2.05) is 0 Å². The van der Waals surface area contributed by atoms with Crippen LogP contribution in [-0.2, 0) is 4.74 Å². The van der Waals surface area contributed by atoms with Crippen LogP contribution in [0.5, 0.6) is 0 Å². The molecule has 2 aliphatic rings. The van der Waals surface area contributed by atoms with Crippen LogP contribution >= 0.6 is 11.6 Å². The number of nitrogens with zero attached hydrogens (tertiary/aromatic N) is 2. The molecule has 1 aromatic carbocycles. The number of aromatic amines is 1. The first kappa shape index (κ1) is 18.6. The predicted molar refractivity (Wildman–Crippen MR) is 96.6 cm³/mol. The Hall–Kier alpha value is -3.17. The smallest absolute Gasteiger partial charge is 0.341 e. The molecule has 1 aromatic rings. The van der Waals surface area contributed by atoms with Crippen molar-refractivity contribution in [2.45, 2.75) is 0 Å². The fraction of sp³-hybridized carbons (Fsp3) is 0.176. The van der Waals surface area contributed by atoms with Crippen LogP contribution in [0, 0.1) is 0 Å². The fourth-order valence-corrected chi connectivity index (χ4v) is 2.76. The number of amides is 1. The van der Waals surface area contributed by atoms with Gasteiger partial charge in [0.05, 0.1) is 29.9 Å². The summed E-state index contributed by atoms with van der Waals surface area (Å²) in [6.45, 7) is -0.122. The molecule has 0 saturated heterocycles. The van der Waals surface area contributed by atoms with Gasteiger partial charge < -0.3 is 19.7 Å². The van der Waals surface area contributed by atoms with Crippen LogP contribution in [-0.4, -0.2) is 52.0 Å². The minimum Gasteiger partial charge on any atom is -0.465 e. The Balaban J connectivity index is 2.14. The number of hydrogen-bond donors (Lipinski definition) is 3. The molecule has 0 radical (unpaired) electrons. The zero-order valence-corrected chi connectivity index (χ0v) is 14.9. The first-order valence-corrected chi connectivity index (χ1v) is 8.21. The van der Waals surface area contributed by atoms with Crippen molar-refractivity contribution in [2.75, 3.05) is 20.3 Å². The summed E-state index contributed by atoms with van der Waals surface area (Å²) in [6, 6.07) is 4.66. The monoisotopic (exact) mass is 390 g/mol. The van der Waals surface area contributed by atoms with E-state index in [0.29, 0.717) is 5.69 Å². The molecule has 9 nitrogen and oxygen atoms in total. The number of carbonyl (C=O) groups is 2. The van der Waals surface area contributed by atoms with E-state index in [9.17, 15) is 14.4 Å². The van der Waals surface area contributed by atoms with Crippen LogP contribution in [0.25, 0.3) is 16.9 Å². The maximum Gasteiger partial charge on any atom is 0.341 e. The summed E-state index contributed by atoms with van der Waals surface area (Å²) in [6.07, 6.45) is 2.94. The van der Waals surface area contributed by atoms with Crippen molar-refractivity contribution >= 4 is 23.5 Å². The molecule has 0 spiro atoms. The van der Waals surface area contributed by atoms with E-state index >= 15 is 0 Å². The van der Waals surface area contributed by atoms with Gasteiger partial charge in [0.15, 0.2) is 0 Å². The minimum absolute atomic E-state index is 0.0829. The van der Waals surface area contributed by atoms with Gasteiger partial charge in [0.25, 0.3) is 11.5 Å². The van der Waals surface area contributed by atoms with E-state index < -0.39 is 17.4 Å². The number of ether oxygens (including phenoxy) is 1. The van der Waals surface area contributed by atoms with Crippen LogP contribution in [0.2, 0.25) is 5.02 Å². The fourth-order valence-electron chi connectivity index (χ4n) is 2.56. The molecule has 0 aromatic heterocycles. The summed E-state index contributed by atoms with van der Waals surface area (Å²) >= 11 is 6.09. The highest BCUT2D eigenvalue weighted by Crippen LogP contribution is 2.25. The molecule has 2 heterocycles. The lowest BCUT2D eigenvalue weighted by Gasteiger charge is -2.13. The molecular formula is C17H15ClN4O5. The second-order valence-corrected chi connectivity index (χ2v) is 5.94. The Morgan fingerprint density at radius 1 is 1.33 bits per heavy atom. The molecular weight excluding hydrogens is 376 g/mol. The molecule has 0 unspecified atom stereocenters. The molecule has 0 saturated carbocycles. The Morgan fingerprint density at radius 2 is 2.11 bits per heavy atom. The normalized spacial score (nSPS) is 10.8. The quantitative estimate of drug-likeness (QED) is 0.554. The van der Waals surface area contributed by atoms with Crippen LogP contribution in [0.1, 0.15) is 20.7 Å². The topological polar surface area (TPSA) is 126 Å². The molecule has 1 amide bonds. The second-order valence-electron chi connectivity index (χ2n) is 5.53. The van der Waals surface area contributed by atoms with E-state index in [1.165, 1.54) is 36.2 Å². The first-order valence-electron chi connectivity index (χ1n) is 7.84. The maximum absolute atomic E-state index is 12.2. The van der Waals surface area contributed by atoms with Crippen molar-refractivity contribution in [2.24, 2.45) is 0 Å². The largest absolute Gasteiger partial charge is 0.465 e. The Kier molecular flexibility index (Phi) is 5.24. The standard InChI is InChI=1S/C17H15ClN4O5/c1-27-17(26)12-8-22(7-11-14(12)20-21-16(11)25)9-2-3-13(18)10(6-9)15(24)19-4-5-23/h2-3,6-8,23H,4-5H2,1H3,(H,19,24)(H,21,25). The van der Waals surface area contributed by atoms with Crippen LogP contribution in [0.3, 0.4) is 0 Å². The number of hydrogen-bond acceptors (Lipinski definition) is 6. The summed E-state index contributed by atoms with van der Waals surface area (Å²) in [5.41, 5.74) is 0.691. The number of carbonyl (C=O) groups excluding carboxylic acids is 2. The molecule has 27 heavy (non-hydrogen) atoms. The zero-order chi connectivity index (χ0) is 19.6. The molecule has 0 aliphatic carbocycles. The summed E-state index contributed by atoms with van der Waals surface area (Å²) < 4.78 is 6.26. The average molecular weight is 391 g/mol. The van der Waals surface area contributed by atoms with Crippen LogP contribution in [0.4, 0.5) is 0 Å². The highest BCUT2D eigenvalue weighted by atomic mass is 35.5. The average Bonchev–Trinajstić information content (AvgIpc) is 3.06. The number of rotatable bonds is 5. The summed E-state index contributed by atoms with van der Waals surface area (Å²) in [5.74, 6) is -1.12. The van der Waals surface area contributed by atoms with Crippen molar-refractivity contribution < 1.29 is 19.4 Å². The molecule has 0 bridgehead atoms. The highest BCUT2D eigenvalue weighted by Gasteiger charge is 2.22. The van der Waals surface area contributed by atoms with Gasteiger partial charge in [-0.1, -0.05) is 11.6 Å². The minimum atomic E-state index is -0.657. The number of benzene rings is 1. The van der Waals surface area contributed by atoms with Crippen molar-refractivity contribution in [3.8, 4) is 16.9 Å². The van der Waals surface area contributed by atoms with E-state index in [1.54, 1.807) is 6.07 Å². The van der Waals surface area contributed by atoms with Crippen molar-refractivity contribution in [1.82, 2.24) is 20.1 Å². The summed E-state index contributed by atoms with van der Waals surface area (Å²) in [4.78, 5) is 36.2. The molecule has 10 heteroatoms. The van der Waals surface area contributed by atoms with Gasteiger partial charge in [0.2, 0.25) is 0 Å². The van der Waals surface area contributed by atoms with Crippen molar-refractivity contribution in [3.63, 3.8) is 0 Å². The number of pyridine rings is 1. The third-order valence-electron chi connectivity index (χ3n) is 3.86. The lowest BCUT2D eigenvalue weighted by molar-refractivity contribution is 0.0600. The van der Waals surface area contributed by atoms with Gasteiger partial charge in [0.1, 0.15) is 11.3 Å². The van der Waals surface area contributed by atoms with Gasteiger partial charge in [-0.15, -0.1) is 0 Å². The van der Waals surface area contributed by atoms with E-state index in [2.05, 4.69) is 15.5 Å². The third-order valence-corrected chi connectivity index (χ3v) is 4.19. The van der Waals surface area contributed by atoms with Gasteiger partial charge in [0, 0.05) is 24.6 Å². The van der Waals surface area contributed by atoms with Crippen molar-refractivity contribution in [3.05, 3.63) is 57.1 Å². The molecule has 0 atom stereocenters. The second kappa shape index (κ2) is 7.60. The molecule has 140 valence electrons. The number of aliphatic hydroxyl groups excluding tert-OH is 1. The van der Waals surface area contributed by atoms with Gasteiger partial charge in [-0.3, -0.25) is 9.59 Å². The first-order chi connectivity index (χ1) is 13.0. The number of aliphatic hydroxyl groups is 1. The number of fused-ring (bicyclic) bond motifs is 1. The SMILES string of the molecule is COC(=O)c1cn(-c2ccc(Cl)c(C(=O)NCCO)c2)cc2c(=O)[nH]nc1-2. The summed E-state index contributed by atoms with van der Waals surface area (Å²) in [5, 5.41) is 17.7. The number of nitrogens with one attached hydrogen (secondary N) is 2. The Morgan fingerprint density at radius 3 is 2.81 bits per heavy atom. The number of halogens is 1. The number of aromatic nitrogens is 3. The van der Waals surface area contributed by atoms with E-state index in [4.69, 9.17) is 21.4 Å². The van der Waals surface area contributed by atoms with Crippen LogP contribution in [0.15, 0.2) is 35.4 Å². The highest BCUT2D eigenvalue weighted by molar-refractivity contribution is 6.33. The molecule has 0 fully saturated rings. The van der Waals surface area contributed by atoms with Crippen LogP contribution < -0.4 is 10.9 Å².